The van der Waals surface area contributed by atoms with Crippen LogP contribution in [0.25, 0.3) is 11.1 Å². The second-order valence-electron chi connectivity index (χ2n) is 5.09. The number of hydrogen-bond acceptors (Lipinski definition) is 4. The van der Waals surface area contributed by atoms with Crippen LogP contribution in [0.4, 0.5) is 5.69 Å². The van der Waals surface area contributed by atoms with Gasteiger partial charge >= 0.3 is 0 Å². The number of thioether (sulfide) groups is 1. The van der Waals surface area contributed by atoms with Gasteiger partial charge in [0, 0.05) is 35.8 Å². The molecule has 0 unspecified atom stereocenters. The Kier molecular flexibility index (Phi) is 5.58. The number of hydrogen-bond donors (Lipinski definition) is 1. The third-order valence-electron chi connectivity index (χ3n) is 3.39. The van der Waals surface area contributed by atoms with Crippen molar-refractivity contribution in [1.82, 2.24) is 9.97 Å². The number of rotatable bonds is 6. The Hall–Kier alpha value is -2.66. The minimum atomic E-state index is -0.0122. The van der Waals surface area contributed by atoms with Crippen LogP contribution in [0.3, 0.4) is 0 Å². The molecule has 0 atom stereocenters. The summed E-state index contributed by atoms with van der Waals surface area (Å²) in [5, 5.41) is 3.69. The van der Waals surface area contributed by atoms with Crippen molar-refractivity contribution in [2.75, 3.05) is 11.1 Å². The summed E-state index contributed by atoms with van der Waals surface area (Å²) in [6, 6.07) is 19.6. The molecule has 1 aromatic heterocycles. The van der Waals surface area contributed by atoms with Crippen molar-refractivity contribution in [3.8, 4) is 11.1 Å². The van der Waals surface area contributed by atoms with Gasteiger partial charge in [-0.25, -0.2) is 9.97 Å². The lowest BCUT2D eigenvalue weighted by Crippen LogP contribution is -2.13. The van der Waals surface area contributed by atoms with E-state index < -0.39 is 0 Å². The quantitative estimate of drug-likeness (QED) is 0.540. The molecular formula is C19H17N3OS. The average molecular weight is 335 g/mol. The zero-order valence-corrected chi connectivity index (χ0v) is 13.9. The lowest BCUT2D eigenvalue weighted by atomic mass is 10.0. The second kappa shape index (κ2) is 8.26. The Balaban J connectivity index is 1.61. The van der Waals surface area contributed by atoms with Crippen LogP contribution < -0.4 is 5.32 Å². The summed E-state index contributed by atoms with van der Waals surface area (Å²) in [5.41, 5.74) is 2.93. The first kappa shape index (κ1) is 16.2. The molecule has 3 rings (SSSR count). The zero-order chi connectivity index (χ0) is 16.6. The normalized spacial score (nSPS) is 10.3. The number of para-hydroxylation sites is 1. The summed E-state index contributed by atoms with van der Waals surface area (Å²) >= 11 is 1.48. The minimum Gasteiger partial charge on any atom is -0.325 e. The van der Waals surface area contributed by atoms with Crippen LogP contribution in [0.1, 0.15) is 6.42 Å². The number of amides is 1. The van der Waals surface area contributed by atoms with Crippen molar-refractivity contribution in [1.29, 1.82) is 0 Å². The van der Waals surface area contributed by atoms with Crippen molar-refractivity contribution >= 4 is 23.4 Å². The molecule has 0 aliphatic carbocycles. The summed E-state index contributed by atoms with van der Waals surface area (Å²) in [5.74, 6) is 0.630. The number of anilines is 1. The maximum absolute atomic E-state index is 12.2. The zero-order valence-electron chi connectivity index (χ0n) is 13.1. The van der Waals surface area contributed by atoms with Crippen molar-refractivity contribution in [3.05, 3.63) is 73.1 Å². The maximum atomic E-state index is 12.2. The van der Waals surface area contributed by atoms with Gasteiger partial charge in [-0.15, -0.1) is 0 Å². The van der Waals surface area contributed by atoms with Crippen LogP contribution >= 0.6 is 11.8 Å². The van der Waals surface area contributed by atoms with Gasteiger partial charge in [0.2, 0.25) is 5.91 Å². The van der Waals surface area contributed by atoms with Crippen molar-refractivity contribution < 1.29 is 4.79 Å². The Morgan fingerprint density at radius 2 is 1.62 bits per heavy atom. The monoisotopic (exact) mass is 335 g/mol. The second-order valence-corrected chi connectivity index (χ2v) is 6.15. The third-order valence-corrected chi connectivity index (χ3v) is 4.27. The average Bonchev–Trinajstić information content (AvgIpc) is 2.64. The van der Waals surface area contributed by atoms with Crippen LogP contribution in [0.5, 0.6) is 0 Å². The molecule has 5 heteroatoms. The molecule has 24 heavy (non-hydrogen) atoms. The topological polar surface area (TPSA) is 54.9 Å². The van der Waals surface area contributed by atoms with Gasteiger partial charge < -0.3 is 5.32 Å². The minimum absolute atomic E-state index is 0.0122. The van der Waals surface area contributed by atoms with Gasteiger partial charge in [-0.1, -0.05) is 60.3 Å². The molecule has 0 aliphatic rings. The van der Waals surface area contributed by atoms with Crippen LogP contribution in [0.15, 0.2) is 78.2 Å². The van der Waals surface area contributed by atoms with Crippen LogP contribution in [0.2, 0.25) is 0 Å². The number of carbonyl (C=O) groups is 1. The molecule has 3 aromatic rings. The Morgan fingerprint density at radius 1 is 0.917 bits per heavy atom. The maximum Gasteiger partial charge on any atom is 0.225 e. The van der Waals surface area contributed by atoms with E-state index in [1.54, 1.807) is 18.5 Å². The number of nitrogens with zero attached hydrogens (tertiary/aromatic N) is 2. The Labute approximate surface area is 145 Å². The van der Waals surface area contributed by atoms with E-state index in [-0.39, 0.29) is 5.91 Å². The Bertz CT molecular complexity index is 794. The molecule has 0 saturated carbocycles. The lowest BCUT2D eigenvalue weighted by Gasteiger charge is -2.11. The molecule has 4 nitrogen and oxygen atoms in total. The molecule has 0 bridgehead atoms. The van der Waals surface area contributed by atoms with Gasteiger partial charge in [-0.05, 0) is 17.7 Å². The summed E-state index contributed by atoms with van der Waals surface area (Å²) < 4.78 is 0. The van der Waals surface area contributed by atoms with Gasteiger partial charge in [0.15, 0.2) is 5.16 Å². The molecule has 0 spiro atoms. The van der Waals surface area contributed by atoms with E-state index in [1.165, 1.54) is 11.8 Å². The SMILES string of the molecule is O=C(CCSc1ncccn1)Nc1ccccc1-c1ccccc1. The van der Waals surface area contributed by atoms with E-state index in [2.05, 4.69) is 15.3 Å². The molecule has 1 heterocycles. The highest BCUT2D eigenvalue weighted by Gasteiger charge is 2.08. The first-order valence-corrected chi connectivity index (χ1v) is 8.65. The van der Waals surface area contributed by atoms with Gasteiger partial charge in [0.05, 0.1) is 0 Å². The van der Waals surface area contributed by atoms with Gasteiger partial charge in [-0.2, -0.15) is 0 Å². The van der Waals surface area contributed by atoms with Crippen LogP contribution in [-0.2, 0) is 4.79 Å². The van der Waals surface area contributed by atoms with Gasteiger partial charge in [0.25, 0.3) is 0 Å². The van der Waals surface area contributed by atoms with Crippen LogP contribution in [-0.4, -0.2) is 21.6 Å². The van der Waals surface area contributed by atoms with E-state index in [9.17, 15) is 4.79 Å². The smallest absolute Gasteiger partial charge is 0.225 e. The first-order chi connectivity index (χ1) is 11.8. The molecule has 1 N–H and O–H groups in total. The third kappa shape index (κ3) is 4.43. The van der Waals surface area contributed by atoms with E-state index in [4.69, 9.17) is 0 Å². The highest BCUT2D eigenvalue weighted by atomic mass is 32.2. The fraction of sp³-hybridized carbons (Fsp3) is 0.105. The van der Waals surface area contributed by atoms with Crippen molar-refractivity contribution in [2.45, 2.75) is 11.6 Å². The highest BCUT2D eigenvalue weighted by molar-refractivity contribution is 7.99. The van der Waals surface area contributed by atoms with E-state index in [1.807, 2.05) is 54.6 Å². The fourth-order valence-electron chi connectivity index (χ4n) is 2.27. The van der Waals surface area contributed by atoms with Crippen LogP contribution in [0, 0.1) is 0 Å². The molecule has 0 saturated heterocycles. The fourth-order valence-corrected chi connectivity index (χ4v) is 3.01. The molecule has 0 radical (unpaired) electrons. The summed E-state index contributed by atoms with van der Waals surface area (Å²) in [4.78, 5) is 20.5. The molecule has 120 valence electrons. The predicted octanol–water partition coefficient (Wildman–Crippen LogP) is 4.26. The molecule has 2 aromatic carbocycles. The van der Waals surface area contributed by atoms with Gasteiger partial charge in [-0.3, -0.25) is 4.79 Å². The number of carbonyl (C=O) groups excluding carboxylic acids is 1. The predicted molar refractivity (Wildman–Crippen MR) is 97.9 cm³/mol. The van der Waals surface area contributed by atoms with E-state index in [0.717, 1.165) is 16.8 Å². The van der Waals surface area contributed by atoms with Crippen molar-refractivity contribution in [2.24, 2.45) is 0 Å². The molecule has 0 aliphatic heterocycles. The standard InChI is InChI=1S/C19H17N3OS/c23-18(11-14-24-19-20-12-6-13-21-19)22-17-10-5-4-9-16(17)15-7-2-1-3-8-15/h1-10,12-13H,11,14H2,(H,22,23). The summed E-state index contributed by atoms with van der Waals surface area (Å²) in [7, 11) is 0. The lowest BCUT2D eigenvalue weighted by molar-refractivity contribution is -0.115. The molecule has 1 amide bonds. The number of aromatic nitrogens is 2. The van der Waals surface area contributed by atoms with Gasteiger partial charge in [0.1, 0.15) is 0 Å². The molecule has 0 fully saturated rings. The van der Waals surface area contributed by atoms with Crippen molar-refractivity contribution in [3.63, 3.8) is 0 Å². The van der Waals surface area contributed by atoms with E-state index >= 15 is 0 Å². The Morgan fingerprint density at radius 3 is 2.42 bits per heavy atom. The largest absolute Gasteiger partial charge is 0.325 e. The highest BCUT2D eigenvalue weighted by Crippen LogP contribution is 2.27. The van der Waals surface area contributed by atoms with E-state index in [0.29, 0.717) is 17.3 Å². The summed E-state index contributed by atoms with van der Waals surface area (Å²) in [6.45, 7) is 0. The first-order valence-electron chi connectivity index (χ1n) is 7.67. The summed E-state index contributed by atoms with van der Waals surface area (Å²) in [6.07, 6.45) is 3.81. The number of benzene rings is 2. The molecular weight excluding hydrogens is 318 g/mol. The number of nitrogens with one attached hydrogen (secondary N) is 1.